The fourth-order valence-corrected chi connectivity index (χ4v) is 3.09. The highest BCUT2D eigenvalue weighted by molar-refractivity contribution is 6.18. The number of nitriles is 1. The average Bonchev–Trinajstić information content (AvgIpc) is 2.84. The predicted molar refractivity (Wildman–Crippen MR) is 86.7 cm³/mol. The number of rotatable bonds is 2. The molecule has 26 heavy (non-hydrogen) atoms. The van der Waals surface area contributed by atoms with E-state index in [0.29, 0.717) is 18.1 Å². The van der Waals surface area contributed by atoms with Gasteiger partial charge in [0.25, 0.3) is 5.91 Å². The summed E-state index contributed by atoms with van der Waals surface area (Å²) >= 11 is 0. The molecule has 1 aromatic carbocycles. The van der Waals surface area contributed by atoms with E-state index in [0.717, 1.165) is 11.0 Å². The Hall–Kier alpha value is -3.08. The molecule has 1 saturated heterocycles. The Morgan fingerprint density at radius 2 is 2.04 bits per heavy atom. The van der Waals surface area contributed by atoms with E-state index in [1.807, 2.05) is 6.42 Å². The van der Waals surface area contributed by atoms with Gasteiger partial charge in [0.1, 0.15) is 0 Å². The summed E-state index contributed by atoms with van der Waals surface area (Å²) in [5, 5.41) is 11.1. The van der Waals surface area contributed by atoms with Crippen LogP contribution in [0, 0.1) is 17.8 Å². The SMILES string of the molecule is CC1(C2=CC[CH]C=C2)C(=O)NC(=O)N1c1ccc(C#N)c(C(F)(F)F)c1. The zero-order valence-electron chi connectivity index (χ0n) is 13.6. The Bertz CT molecular complexity index is 896. The zero-order valence-corrected chi connectivity index (χ0v) is 13.6. The highest BCUT2D eigenvalue weighted by atomic mass is 19.4. The van der Waals surface area contributed by atoms with Gasteiger partial charge in [-0.15, -0.1) is 0 Å². The van der Waals surface area contributed by atoms with Gasteiger partial charge in [-0.2, -0.15) is 18.4 Å². The summed E-state index contributed by atoms with van der Waals surface area (Å²) in [6.45, 7) is 1.47. The second-order valence-corrected chi connectivity index (χ2v) is 6.00. The van der Waals surface area contributed by atoms with Crippen molar-refractivity contribution in [1.29, 1.82) is 5.26 Å². The number of nitrogens with one attached hydrogen (secondary N) is 1. The van der Waals surface area contributed by atoms with Crippen molar-refractivity contribution in [3.8, 4) is 6.07 Å². The first kappa shape index (κ1) is 17.7. The van der Waals surface area contributed by atoms with Crippen LogP contribution in [0.5, 0.6) is 0 Å². The lowest BCUT2D eigenvalue weighted by Crippen LogP contribution is -2.49. The molecule has 2 aliphatic rings. The molecule has 3 rings (SSSR count). The standard InChI is InChI=1S/C18H13F3N3O2/c1-17(12-5-3-2-4-6-12)15(25)23-16(26)24(17)13-8-7-11(10-22)14(9-13)18(19,20)21/h2-3,5-9H,4H2,1H3,(H,23,25,26). The Morgan fingerprint density at radius 3 is 2.62 bits per heavy atom. The molecule has 0 aromatic heterocycles. The number of halogens is 3. The van der Waals surface area contributed by atoms with E-state index in [4.69, 9.17) is 5.26 Å². The molecule has 133 valence electrons. The van der Waals surface area contributed by atoms with Crippen molar-refractivity contribution in [2.24, 2.45) is 0 Å². The fourth-order valence-electron chi connectivity index (χ4n) is 3.09. The van der Waals surface area contributed by atoms with Crippen LogP contribution in [0.4, 0.5) is 23.7 Å². The third-order valence-electron chi connectivity index (χ3n) is 4.45. The predicted octanol–water partition coefficient (Wildman–Crippen LogP) is 3.48. The molecule has 3 amide bonds. The van der Waals surface area contributed by atoms with Gasteiger partial charge in [0, 0.05) is 5.69 Å². The molecule has 5 nitrogen and oxygen atoms in total. The number of imide groups is 1. The normalized spacial score (nSPS) is 22.9. The summed E-state index contributed by atoms with van der Waals surface area (Å²) in [6.07, 6.45) is 2.71. The van der Waals surface area contributed by atoms with Crippen LogP contribution < -0.4 is 10.2 Å². The van der Waals surface area contributed by atoms with Crippen LogP contribution in [0.25, 0.3) is 0 Å². The highest BCUT2D eigenvalue weighted by Gasteiger charge is 2.52. The Morgan fingerprint density at radius 1 is 1.31 bits per heavy atom. The fraction of sp³-hybridized carbons (Fsp3) is 0.222. The van der Waals surface area contributed by atoms with Crippen LogP contribution in [0.3, 0.4) is 0 Å². The number of anilines is 1. The molecular weight excluding hydrogens is 347 g/mol. The van der Waals surface area contributed by atoms with Crippen molar-refractivity contribution < 1.29 is 22.8 Å². The summed E-state index contributed by atoms with van der Waals surface area (Å²) in [5.41, 5.74) is -2.82. The third kappa shape index (κ3) is 2.65. The van der Waals surface area contributed by atoms with Crippen molar-refractivity contribution >= 4 is 17.6 Å². The van der Waals surface area contributed by atoms with Crippen molar-refractivity contribution in [2.45, 2.75) is 25.1 Å². The Kier molecular flexibility index (Phi) is 4.11. The van der Waals surface area contributed by atoms with Crippen molar-refractivity contribution in [3.05, 3.63) is 59.5 Å². The number of allylic oxidation sites excluding steroid dienone is 2. The van der Waals surface area contributed by atoms with Crippen LogP contribution in [0.1, 0.15) is 24.5 Å². The molecule has 1 aromatic rings. The van der Waals surface area contributed by atoms with Gasteiger partial charge in [-0.3, -0.25) is 15.0 Å². The zero-order chi connectivity index (χ0) is 19.1. The maximum Gasteiger partial charge on any atom is 0.417 e. The third-order valence-corrected chi connectivity index (χ3v) is 4.45. The van der Waals surface area contributed by atoms with E-state index in [1.165, 1.54) is 19.1 Å². The van der Waals surface area contributed by atoms with Gasteiger partial charge in [-0.1, -0.05) is 18.2 Å². The molecule has 1 unspecified atom stereocenters. The number of amides is 3. The summed E-state index contributed by atoms with van der Waals surface area (Å²) < 4.78 is 39.8. The Balaban J connectivity index is 2.16. The summed E-state index contributed by atoms with van der Waals surface area (Å²) in [5.74, 6) is -0.627. The van der Waals surface area contributed by atoms with Crippen molar-refractivity contribution in [1.82, 2.24) is 5.32 Å². The van der Waals surface area contributed by atoms with Gasteiger partial charge in [0.05, 0.1) is 17.2 Å². The van der Waals surface area contributed by atoms with Gasteiger partial charge in [-0.25, -0.2) is 4.79 Å². The largest absolute Gasteiger partial charge is 0.417 e. The molecule has 8 heteroatoms. The minimum atomic E-state index is -4.77. The molecule has 1 atom stereocenters. The molecule has 1 aliphatic heterocycles. The van der Waals surface area contributed by atoms with E-state index in [-0.39, 0.29) is 5.69 Å². The molecular formula is C18H13F3N3O2. The second kappa shape index (κ2) is 6.02. The molecule has 1 aliphatic carbocycles. The number of carbonyl (C=O) groups excluding carboxylic acids is 2. The van der Waals surface area contributed by atoms with Gasteiger partial charge >= 0.3 is 12.2 Å². The highest BCUT2D eigenvalue weighted by Crippen LogP contribution is 2.40. The monoisotopic (exact) mass is 360 g/mol. The number of alkyl halides is 3. The number of hydrogen-bond donors (Lipinski definition) is 1. The molecule has 1 N–H and O–H groups in total. The van der Waals surface area contributed by atoms with Gasteiger partial charge in [0.15, 0.2) is 5.54 Å². The number of urea groups is 1. The van der Waals surface area contributed by atoms with Crippen molar-refractivity contribution in [3.63, 3.8) is 0 Å². The number of nitrogens with zero attached hydrogens (tertiary/aromatic N) is 2. The van der Waals surface area contributed by atoms with Gasteiger partial charge < -0.3 is 0 Å². The first-order valence-electron chi connectivity index (χ1n) is 7.67. The second-order valence-electron chi connectivity index (χ2n) is 6.00. The van der Waals surface area contributed by atoms with E-state index in [2.05, 4.69) is 5.32 Å². The Labute approximate surface area is 147 Å². The van der Waals surface area contributed by atoms with Gasteiger partial charge in [-0.05, 0) is 43.5 Å². The molecule has 0 spiro atoms. The lowest BCUT2D eigenvalue weighted by atomic mass is 9.86. The van der Waals surface area contributed by atoms with Crippen molar-refractivity contribution in [2.75, 3.05) is 4.90 Å². The minimum absolute atomic E-state index is 0.119. The van der Waals surface area contributed by atoms with Gasteiger partial charge in [0.2, 0.25) is 0 Å². The molecule has 0 saturated carbocycles. The molecule has 0 bridgehead atoms. The molecule has 1 heterocycles. The minimum Gasteiger partial charge on any atom is -0.275 e. The maximum atomic E-state index is 13.3. The first-order chi connectivity index (χ1) is 12.2. The van der Waals surface area contributed by atoms with E-state index in [9.17, 15) is 22.8 Å². The first-order valence-corrected chi connectivity index (χ1v) is 7.67. The topological polar surface area (TPSA) is 73.2 Å². The number of carbonyl (C=O) groups is 2. The summed E-state index contributed by atoms with van der Waals surface area (Å²) in [6, 6.07) is 3.61. The van der Waals surface area contributed by atoms with E-state index >= 15 is 0 Å². The van der Waals surface area contributed by atoms with Crippen LogP contribution in [0.2, 0.25) is 0 Å². The van der Waals surface area contributed by atoms with Crippen LogP contribution in [-0.2, 0) is 11.0 Å². The lowest BCUT2D eigenvalue weighted by Gasteiger charge is -2.34. The van der Waals surface area contributed by atoms with Crippen LogP contribution >= 0.6 is 0 Å². The lowest BCUT2D eigenvalue weighted by molar-refractivity contribution is -0.137. The average molecular weight is 360 g/mol. The number of benzene rings is 1. The van der Waals surface area contributed by atoms with E-state index in [1.54, 1.807) is 18.2 Å². The quantitative estimate of drug-likeness (QED) is 0.821. The van der Waals surface area contributed by atoms with Crippen LogP contribution in [-0.4, -0.2) is 17.5 Å². The number of hydrogen-bond acceptors (Lipinski definition) is 3. The summed E-state index contributed by atoms with van der Waals surface area (Å²) in [4.78, 5) is 25.8. The van der Waals surface area contributed by atoms with E-state index < -0.39 is 34.8 Å². The van der Waals surface area contributed by atoms with Crippen LogP contribution in [0.15, 0.2) is 42.0 Å². The molecule has 1 radical (unpaired) electrons. The summed E-state index contributed by atoms with van der Waals surface area (Å²) in [7, 11) is 0. The molecule has 1 fully saturated rings. The maximum absolute atomic E-state index is 13.3. The smallest absolute Gasteiger partial charge is 0.275 e.